The number of thiocarbonyl (C=S) groups is 2. The van der Waals surface area contributed by atoms with Gasteiger partial charge in [0.2, 0.25) is 0 Å². The fraction of sp³-hybridized carbons (Fsp3) is 0.556. The van der Waals surface area contributed by atoms with E-state index in [-0.39, 0.29) is 0 Å². The molecule has 1 saturated carbocycles. The average Bonchev–Trinajstić information content (AvgIpc) is 2.58. The molecule has 1 aliphatic carbocycles. The van der Waals surface area contributed by atoms with Crippen LogP contribution in [0.3, 0.4) is 0 Å². The summed E-state index contributed by atoms with van der Waals surface area (Å²) in [5.41, 5.74) is 8.18. The second-order valence-corrected chi connectivity index (χ2v) is 7.42. The van der Waals surface area contributed by atoms with Gasteiger partial charge >= 0.3 is 0 Å². The van der Waals surface area contributed by atoms with E-state index in [2.05, 4.69) is 54.4 Å². The minimum atomic E-state index is 0.429. The van der Waals surface area contributed by atoms with E-state index in [1.807, 2.05) is 12.1 Å². The standard InChI is InChI=1S/C18H28N4S2/c1-4-14-8-10-15(11-9-14)19-17(23)21-22-18(24)20-16-7-5-6-12(2)13(16)3/h8-13,16H,4-7H2,1-3H3,(H2,19,21,23)(H2,20,22,24)/t12-,13-,16+/m0/s1. The van der Waals surface area contributed by atoms with Crippen LogP contribution in [-0.2, 0) is 6.42 Å². The van der Waals surface area contributed by atoms with Crippen LogP contribution in [-0.4, -0.2) is 16.3 Å². The van der Waals surface area contributed by atoms with Crippen molar-refractivity contribution in [2.75, 3.05) is 5.32 Å². The quantitative estimate of drug-likeness (QED) is 0.484. The first-order valence-electron chi connectivity index (χ1n) is 8.72. The predicted octanol–water partition coefficient (Wildman–Crippen LogP) is 3.74. The fourth-order valence-electron chi connectivity index (χ4n) is 3.09. The minimum absolute atomic E-state index is 0.429. The number of nitrogens with one attached hydrogen (secondary N) is 4. The second kappa shape index (κ2) is 9.18. The molecule has 132 valence electrons. The van der Waals surface area contributed by atoms with Gasteiger partial charge in [0.05, 0.1) is 0 Å². The Balaban J connectivity index is 1.73. The lowest BCUT2D eigenvalue weighted by Crippen LogP contribution is -2.53. The second-order valence-electron chi connectivity index (χ2n) is 6.60. The number of rotatable bonds is 3. The first kappa shape index (κ1) is 18.9. The summed E-state index contributed by atoms with van der Waals surface area (Å²) in [6.07, 6.45) is 4.76. The summed E-state index contributed by atoms with van der Waals surface area (Å²) in [6.45, 7) is 6.75. The van der Waals surface area contributed by atoms with E-state index in [9.17, 15) is 0 Å². The number of aryl methyl sites for hydroxylation is 1. The van der Waals surface area contributed by atoms with Gasteiger partial charge in [0, 0.05) is 11.7 Å². The molecule has 0 amide bonds. The van der Waals surface area contributed by atoms with Gasteiger partial charge in [0.25, 0.3) is 0 Å². The van der Waals surface area contributed by atoms with Crippen LogP contribution in [0.1, 0.15) is 45.6 Å². The Morgan fingerprint density at radius 1 is 1.04 bits per heavy atom. The average molecular weight is 365 g/mol. The molecule has 0 heterocycles. The SMILES string of the molecule is CCc1ccc(NC(=S)NNC(=S)N[C@@H]2CCC[C@H](C)[C@@H]2C)cc1. The molecule has 1 fully saturated rings. The zero-order chi connectivity index (χ0) is 17.5. The van der Waals surface area contributed by atoms with Crippen LogP contribution in [0.2, 0.25) is 0 Å². The van der Waals surface area contributed by atoms with Gasteiger partial charge in [0.15, 0.2) is 10.2 Å². The zero-order valence-electron chi connectivity index (χ0n) is 14.7. The molecule has 24 heavy (non-hydrogen) atoms. The molecule has 0 spiro atoms. The Labute approximate surface area is 156 Å². The third kappa shape index (κ3) is 5.60. The van der Waals surface area contributed by atoms with E-state index in [0.717, 1.165) is 18.0 Å². The highest BCUT2D eigenvalue weighted by atomic mass is 32.1. The van der Waals surface area contributed by atoms with Gasteiger partial charge in [-0.2, -0.15) is 0 Å². The maximum Gasteiger partial charge on any atom is 0.189 e. The summed E-state index contributed by atoms with van der Waals surface area (Å²) < 4.78 is 0. The van der Waals surface area contributed by atoms with Gasteiger partial charge in [-0.25, -0.2) is 0 Å². The lowest BCUT2D eigenvalue weighted by atomic mass is 9.78. The van der Waals surface area contributed by atoms with E-state index in [0.29, 0.717) is 22.2 Å². The number of anilines is 1. The molecule has 6 heteroatoms. The first-order chi connectivity index (χ1) is 11.5. The molecule has 0 saturated heterocycles. The molecular weight excluding hydrogens is 336 g/mol. The van der Waals surface area contributed by atoms with Crippen molar-refractivity contribution in [2.24, 2.45) is 11.8 Å². The predicted molar refractivity (Wildman–Crippen MR) is 110 cm³/mol. The lowest BCUT2D eigenvalue weighted by molar-refractivity contribution is 0.224. The number of hydrogen-bond acceptors (Lipinski definition) is 2. The molecule has 0 aromatic heterocycles. The monoisotopic (exact) mass is 364 g/mol. The molecule has 3 atom stereocenters. The van der Waals surface area contributed by atoms with Crippen LogP contribution in [0, 0.1) is 11.8 Å². The molecule has 0 aliphatic heterocycles. The van der Waals surface area contributed by atoms with Crippen LogP contribution in [0.5, 0.6) is 0 Å². The van der Waals surface area contributed by atoms with Gasteiger partial charge in [-0.1, -0.05) is 45.7 Å². The van der Waals surface area contributed by atoms with E-state index < -0.39 is 0 Å². The number of benzene rings is 1. The molecule has 1 aromatic carbocycles. The maximum atomic E-state index is 5.37. The Hall–Kier alpha value is -1.40. The molecule has 1 aromatic rings. The summed E-state index contributed by atoms with van der Waals surface area (Å²) in [4.78, 5) is 0. The minimum Gasteiger partial charge on any atom is -0.358 e. The summed E-state index contributed by atoms with van der Waals surface area (Å²) in [6, 6.07) is 8.66. The van der Waals surface area contributed by atoms with Crippen molar-refractivity contribution in [3.05, 3.63) is 29.8 Å². The summed E-state index contributed by atoms with van der Waals surface area (Å²) in [7, 11) is 0. The van der Waals surface area contributed by atoms with Gasteiger partial charge in [-0.3, -0.25) is 10.9 Å². The van der Waals surface area contributed by atoms with Crippen LogP contribution >= 0.6 is 24.4 Å². The van der Waals surface area contributed by atoms with Crippen molar-refractivity contribution in [3.63, 3.8) is 0 Å². The fourth-order valence-corrected chi connectivity index (χ4v) is 3.46. The largest absolute Gasteiger partial charge is 0.358 e. The van der Waals surface area contributed by atoms with Crippen LogP contribution < -0.4 is 21.5 Å². The normalized spacial score (nSPS) is 23.2. The van der Waals surface area contributed by atoms with Crippen molar-refractivity contribution in [1.82, 2.24) is 16.2 Å². The van der Waals surface area contributed by atoms with E-state index in [1.165, 1.54) is 24.8 Å². The highest BCUT2D eigenvalue weighted by molar-refractivity contribution is 7.80. The molecule has 1 aliphatic rings. The Bertz CT molecular complexity index is 559. The van der Waals surface area contributed by atoms with E-state index in [1.54, 1.807) is 0 Å². The lowest BCUT2D eigenvalue weighted by Gasteiger charge is -2.35. The van der Waals surface area contributed by atoms with Crippen LogP contribution in [0.4, 0.5) is 5.69 Å². The van der Waals surface area contributed by atoms with Crippen molar-refractivity contribution in [2.45, 2.75) is 52.5 Å². The van der Waals surface area contributed by atoms with Crippen molar-refractivity contribution in [3.8, 4) is 0 Å². The molecule has 2 rings (SSSR count). The van der Waals surface area contributed by atoms with Gasteiger partial charge in [-0.05, 0) is 66.8 Å². The van der Waals surface area contributed by atoms with Crippen LogP contribution in [0.15, 0.2) is 24.3 Å². The Morgan fingerprint density at radius 3 is 2.38 bits per heavy atom. The topological polar surface area (TPSA) is 48.1 Å². The Morgan fingerprint density at radius 2 is 1.71 bits per heavy atom. The highest BCUT2D eigenvalue weighted by Crippen LogP contribution is 2.29. The number of hydrazine groups is 1. The molecule has 0 bridgehead atoms. The molecule has 4 N–H and O–H groups in total. The van der Waals surface area contributed by atoms with Crippen molar-refractivity contribution in [1.29, 1.82) is 0 Å². The number of hydrogen-bond donors (Lipinski definition) is 4. The summed E-state index contributed by atoms with van der Waals surface area (Å²) in [5, 5.41) is 7.63. The first-order valence-corrected chi connectivity index (χ1v) is 9.53. The molecule has 0 unspecified atom stereocenters. The smallest absolute Gasteiger partial charge is 0.189 e. The van der Waals surface area contributed by atoms with E-state index in [4.69, 9.17) is 24.4 Å². The Kier molecular flexibility index (Phi) is 7.24. The molecule has 0 radical (unpaired) electrons. The third-order valence-electron chi connectivity index (χ3n) is 4.93. The van der Waals surface area contributed by atoms with Crippen molar-refractivity contribution < 1.29 is 0 Å². The van der Waals surface area contributed by atoms with Crippen LogP contribution in [0.25, 0.3) is 0 Å². The van der Waals surface area contributed by atoms with E-state index >= 15 is 0 Å². The highest BCUT2D eigenvalue weighted by Gasteiger charge is 2.27. The van der Waals surface area contributed by atoms with Gasteiger partial charge in [-0.15, -0.1) is 0 Å². The maximum absolute atomic E-state index is 5.37. The third-order valence-corrected chi connectivity index (χ3v) is 5.36. The van der Waals surface area contributed by atoms with Gasteiger partial charge in [0.1, 0.15) is 0 Å². The zero-order valence-corrected chi connectivity index (χ0v) is 16.3. The van der Waals surface area contributed by atoms with Crippen molar-refractivity contribution >= 4 is 40.3 Å². The molecule has 4 nitrogen and oxygen atoms in total. The molecular formula is C18H28N4S2. The summed E-state index contributed by atoms with van der Waals surface area (Å²) >= 11 is 10.7. The summed E-state index contributed by atoms with van der Waals surface area (Å²) in [5.74, 6) is 1.36. The van der Waals surface area contributed by atoms with Gasteiger partial charge < -0.3 is 10.6 Å².